The molecule has 0 aliphatic heterocycles. The van der Waals surface area contributed by atoms with Crippen molar-refractivity contribution >= 4 is 5.97 Å². The third-order valence-electron chi connectivity index (χ3n) is 3.38. The highest BCUT2D eigenvalue weighted by molar-refractivity contribution is 5.87. The molecule has 0 aromatic heterocycles. The van der Waals surface area contributed by atoms with Crippen molar-refractivity contribution in [2.45, 2.75) is 19.3 Å². The Kier molecular flexibility index (Phi) is 6.59. The number of hydrogen-bond acceptors (Lipinski definition) is 3. The van der Waals surface area contributed by atoms with Crippen molar-refractivity contribution in [3.63, 3.8) is 0 Å². The van der Waals surface area contributed by atoms with Gasteiger partial charge >= 0.3 is 5.97 Å². The van der Waals surface area contributed by atoms with E-state index in [9.17, 15) is 4.79 Å². The van der Waals surface area contributed by atoms with Crippen LogP contribution in [0.4, 0.5) is 0 Å². The van der Waals surface area contributed by atoms with E-state index in [0.717, 1.165) is 25.2 Å². The number of carboxylic acid groups (broad SMARTS) is 1. The van der Waals surface area contributed by atoms with Gasteiger partial charge in [-0.25, -0.2) is 4.79 Å². The van der Waals surface area contributed by atoms with Crippen LogP contribution in [0.15, 0.2) is 36.4 Å². The molecule has 0 fully saturated rings. The Balaban J connectivity index is 2.49. The van der Waals surface area contributed by atoms with E-state index in [4.69, 9.17) is 5.11 Å². The highest BCUT2D eigenvalue weighted by Crippen LogP contribution is 2.22. The number of hydrogen-bond donors (Lipinski definition) is 2. The summed E-state index contributed by atoms with van der Waals surface area (Å²) in [5.41, 5.74) is 1.43. The molecule has 116 valence electrons. The summed E-state index contributed by atoms with van der Waals surface area (Å²) in [6.45, 7) is 6.93. The maximum atomic E-state index is 10.9. The molecule has 0 atom stereocenters. The summed E-state index contributed by atoms with van der Waals surface area (Å²) in [6, 6.07) is 7.12. The molecule has 0 saturated heterocycles. The monoisotopic (exact) mass is 290 g/mol. The number of nitrogens with zero attached hydrogens (tertiary/aromatic N) is 1. The van der Waals surface area contributed by atoms with Gasteiger partial charge < -0.3 is 15.3 Å². The van der Waals surface area contributed by atoms with Gasteiger partial charge in [0.05, 0.1) is 5.56 Å². The van der Waals surface area contributed by atoms with Gasteiger partial charge in [-0.15, -0.1) is 0 Å². The lowest BCUT2D eigenvalue weighted by Gasteiger charge is -2.25. The average Bonchev–Trinajstić information content (AvgIpc) is 2.42. The minimum atomic E-state index is -0.886. The molecule has 0 saturated carbocycles. The normalized spacial score (nSPS) is 12.2. The largest absolute Gasteiger partial charge is 0.478 e. The quantitative estimate of drug-likeness (QED) is 0.570. The third-order valence-corrected chi connectivity index (χ3v) is 3.38. The predicted octanol–water partition coefficient (Wildman–Crippen LogP) is 2.37. The number of nitrogens with one attached hydrogen (secondary N) is 1. The molecule has 1 aromatic rings. The van der Waals surface area contributed by atoms with Gasteiger partial charge in [-0.2, -0.15) is 0 Å². The zero-order valence-electron chi connectivity index (χ0n) is 13.4. The van der Waals surface area contributed by atoms with Crippen LogP contribution in [0, 0.1) is 0 Å². The average molecular weight is 290 g/mol. The molecule has 21 heavy (non-hydrogen) atoms. The maximum absolute atomic E-state index is 10.9. The Morgan fingerprint density at radius 1 is 1.24 bits per heavy atom. The predicted molar refractivity (Wildman–Crippen MR) is 87.0 cm³/mol. The van der Waals surface area contributed by atoms with Gasteiger partial charge in [-0.05, 0) is 31.8 Å². The van der Waals surface area contributed by atoms with Crippen LogP contribution in [0.3, 0.4) is 0 Å². The number of carbonyl (C=O) groups is 1. The Morgan fingerprint density at radius 2 is 1.86 bits per heavy atom. The smallest absolute Gasteiger partial charge is 0.335 e. The molecular formula is C17H26N2O2. The Labute approximate surface area is 127 Å². The summed E-state index contributed by atoms with van der Waals surface area (Å²) in [5.74, 6) is -0.886. The molecule has 0 unspecified atom stereocenters. The van der Waals surface area contributed by atoms with Crippen molar-refractivity contribution in [1.82, 2.24) is 10.2 Å². The van der Waals surface area contributed by atoms with Crippen molar-refractivity contribution in [2.75, 3.05) is 33.7 Å². The van der Waals surface area contributed by atoms with E-state index in [0.29, 0.717) is 5.56 Å². The summed E-state index contributed by atoms with van der Waals surface area (Å²) < 4.78 is 0. The zero-order valence-corrected chi connectivity index (χ0v) is 13.4. The molecule has 0 bridgehead atoms. The van der Waals surface area contributed by atoms with E-state index in [1.54, 1.807) is 12.1 Å². The summed E-state index contributed by atoms with van der Waals surface area (Å²) in [6.07, 6.45) is 4.27. The Hall–Kier alpha value is -1.65. The van der Waals surface area contributed by atoms with Gasteiger partial charge in [0.15, 0.2) is 0 Å². The number of likely N-dealkylation sites (N-methyl/N-ethyl adjacent to an activating group) is 1. The first kappa shape index (κ1) is 17.4. The van der Waals surface area contributed by atoms with Gasteiger partial charge in [0.25, 0.3) is 0 Å². The van der Waals surface area contributed by atoms with Crippen LogP contribution in [0.1, 0.15) is 29.8 Å². The molecule has 1 rings (SSSR count). The third kappa shape index (κ3) is 6.10. The van der Waals surface area contributed by atoms with Crippen LogP contribution in [0.5, 0.6) is 0 Å². The fourth-order valence-corrected chi connectivity index (χ4v) is 2.00. The summed E-state index contributed by atoms with van der Waals surface area (Å²) in [7, 11) is 4.09. The van der Waals surface area contributed by atoms with Gasteiger partial charge in [0.2, 0.25) is 0 Å². The van der Waals surface area contributed by atoms with E-state index < -0.39 is 5.97 Å². The number of aromatic carboxylic acids is 1. The summed E-state index contributed by atoms with van der Waals surface area (Å²) in [5, 5.41) is 12.3. The molecule has 0 aliphatic rings. The lowest BCUT2D eigenvalue weighted by Crippen LogP contribution is -2.33. The van der Waals surface area contributed by atoms with Gasteiger partial charge in [0.1, 0.15) is 0 Å². The van der Waals surface area contributed by atoms with E-state index >= 15 is 0 Å². The molecule has 1 aromatic carbocycles. The lowest BCUT2D eigenvalue weighted by molar-refractivity contribution is 0.0697. The molecule has 4 heteroatoms. The second-order valence-electron chi connectivity index (χ2n) is 6.13. The van der Waals surface area contributed by atoms with E-state index in [1.165, 1.54) is 0 Å². The molecule has 0 amide bonds. The fourth-order valence-electron chi connectivity index (χ4n) is 2.00. The molecule has 0 radical (unpaired) electrons. The van der Waals surface area contributed by atoms with Gasteiger partial charge in [-0.3, -0.25) is 0 Å². The van der Waals surface area contributed by atoms with E-state index in [1.807, 2.05) is 26.2 Å². The highest BCUT2D eigenvalue weighted by Gasteiger charge is 2.20. The molecule has 4 nitrogen and oxygen atoms in total. The van der Waals surface area contributed by atoms with Crippen LogP contribution in [0.2, 0.25) is 0 Å². The molecule has 2 N–H and O–H groups in total. The zero-order chi connectivity index (χ0) is 15.9. The van der Waals surface area contributed by atoms with Gasteiger partial charge in [0, 0.05) is 25.0 Å². The van der Waals surface area contributed by atoms with Crippen LogP contribution in [-0.4, -0.2) is 49.7 Å². The fraction of sp³-hybridized carbons (Fsp3) is 0.471. The minimum Gasteiger partial charge on any atom is -0.478 e. The Bertz CT molecular complexity index is 476. The lowest BCUT2D eigenvalue weighted by atomic mass is 9.84. The van der Waals surface area contributed by atoms with Crippen LogP contribution in [0.25, 0.3) is 0 Å². The van der Waals surface area contributed by atoms with Crippen molar-refractivity contribution < 1.29 is 9.90 Å². The number of carboxylic acids is 1. The molecule has 0 aliphatic carbocycles. The molecule has 0 heterocycles. The summed E-state index contributed by atoms with van der Waals surface area (Å²) >= 11 is 0. The first-order chi connectivity index (χ1) is 9.83. The highest BCUT2D eigenvalue weighted by atomic mass is 16.4. The number of rotatable bonds is 8. The second kappa shape index (κ2) is 7.96. The van der Waals surface area contributed by atoms with Crippen LogP contribution in [-0.2, 0) is 5.41 Å². The van der Waals surface area contributed by atoms with Crippen molar-refractivity contribution in [2.24, 2.45) is 0 Å². The van der Waals surface area contributed by atoms with Crippen LogP contribution >= 0.6 is 0 Å². The van der Waals surface area contributed by atoms with E-state index in [-0.39, 0.29) is 5.41 Å². The maximum Gasteiger partial charge on any atom is 0.335 e. The van der Waals surface area contributed by atoms with Crippen molar-refractivity contribution in [3.05, 3.63) is 47.5 Å². The molecular weight excluding hydrogens is 264 g/mol. The molecule has 0 spiro atoms. The van der Waals surface area contributed by atoms with Crippen LogP contribution < -0.4 is 5.32 Å². The number of benzene rings is 1. The van der Waals surface area contributed by atoms with Crippen molar-refractivity contribution in [1.29, 1.82) is 0 Å². The second-order valence-corrected chi connectivity index (χ2v) is 6.13. The SMILES string of the molecule is CN(C)C/C=C/CNCC(C)(C)c1ccc(C(=O)O)cc1. The summed E-state index contributed by atoms with van der Waals surface area (Å²) in [4.78, 5) is 13.0. The van der Waals surface area contributed by atoms with Crippen molar-refractivity contribution in [3.8, 4) is 0 Å². The topological polar surface area (TPSA) is 52.6 Å². The van der Waals surface area contributed by atoms with E-state index in [2.05, 4.69) is 36.2 Å². The standard InChI is InChI=1S/C17H26N2O2/c1-17(2,13-18-11-5-6-12-19(3)4)15-9-7-14(8-10-15)16(20)21/h5-10,18H,11-13H2,1-4H3,(H,20,21)/b6-5+. The van der Waals surface area contributed by atoms with Gasteiger partial charge in [-0.1, -0.05) is 38.1 Å². The first-order valence-electron chi connectivity index (χ1n) is 7.17. The Morgan fingerprint density at radius 3 is 2.38 bits per heavy atom. The minimum absolute atomic E-state index is 0.0353. The first-order valence-corrected chi connectivity index (χ1v) is 7.17.